The molecule has 0 fully saturated rings. The lowest BCUT2D eigenvalue weighted by Gasteiger charge is -2.29. The van der Waals surface area contributed by atoms with Gasteiger partial charge in [-0.15, -0.1) is 0 Å². The molecule has 2 heterocycles. The molecule has 1 aliphatic rings. The first-order chi connectivity index (χ1) is 12.6. The molecule has 0 aliphatic carbocycles. The van der Waals surface area contributed by atoms with Crippen molar-refractivity contribution in [2.75, 3.05) is 6.54 Å². The van der Waals surface area contributed by atoms with E-state index in [1.807, 2.05) is 18.2 Å². The Morgan fingerprint density at radius 1 is 1.00 bits per heavy atom. The van der Waals surface area contributed by atoms with Crippen LogP contribution < -0.4 is 11.2 Å². The molecule has 6 heteroatoms. The molecule has 26 heavy (non-hydrogen) atoms. The molecule has 0 radical (unpaired) electrons. The van der Waals surface area contributed by atoms with E-state index in [1.54, 1.807) is 29.2 Å². The second-order valence-electron chi connectivity index (χ2n) is 6.52. The number of carbonyl (C=O) groups excluding carboxylic acids is 1. The van der Waals surface area contributed by atoms with Gasteiger partial charge in [-0.25, -0.2) is 4.79 Å². The lowest BCUT2D eigenvalue weighted by atomic mass is 10.00. The maximum absolute atomic E-state index is 12.6. The summed E-state index contributed by atoms with van der Waals surface area (Å²) in [6, 6.07) is 15.0. The molecule has 0 spiro atoms. The maximum Gasteiger partial charge on any atom is 0.328 e. The average Bonchev–Trinajstić information content (AvgIpc) is 2.67. The fourth-order valence-electron chi connectivity index (χ4n) is 3.48. The van der Waals surface area contributed by atoms with Crippen molar-refractivity contribution in [1.82, 2.24) is 14.5 Å². The number of fused-ring (bicyclic) bond motifs is 2. The molecule has 1 aromatic heterocycles. The van der Waals surface area contributed by atoms with Crippen molar-refractivity contribution in [3.05, 3.63) is 80.5 Å². The summed E-state index contributed by atoms with van der Waals surface area (Å²) in [4.78, 5) is 41.8. The number of para-hydroxylation sites is 1. The zero-order valence-electron chi connectivity index (χ0n) is 14.3. The molecule has 1 amide bonds. The van der Waals surface area contributed by atoms with Crippen LogP contribution in [-0.2, 0) is 24.3 Å². The molecule has 6 nitrogen and oxygen atoms in total. The van der Waals surface area contributed by atoms with Gasteiger partial charge in [0.15, 0.2) is 0 Å². The van der Waals surface area contributed by atoms with E-state index in [1.165, 1.54) is 5.56 Å². The van der Waals surface area contributed by atoms with Gasteiger partial charge < -0.3 is 9.88 Å². The average molecular weight is 349 g/mol. The Balaban J connectivity index is 1.51. The van der Waals surface area contributed by atoms with Crippen molar-refractivity contribution >= 4 is 16.8 Å². The zero-order chi connectivity index (χ0) is 18.1. The number of amides is 1. The smallest absolute Gasteiger partial charge is 0.328 e. The molecule has 0 saturated carbocycles. The molecule has 0 saturated heterocycles. The summed E-state index contributed by atoms with van der Waals surface area (Å²) in [7, 11) is 0. The van der Waals surface area contributed by atoms with Crippen LogP contribution in [0.3, 0.4) is 0 Å². The van der Waals surface area contributed by atoms with Crippen LogP contribution in [0.25, 0.3) is 10.9 Å². The molecule has 1 aliphatic heterocycles. The van der Waals surface area contributed by atoms with E-state index in [-0.39, 0.29) is 24.4 Å². The number of hydrogen-bond acceptors (Lipinski definition) is 3. The van der Waals surface area contributed by atoms with Gasteiger partial charge in [-0.3, -0.25) is 14.2 Å². The Morgan fingerprint density at radius 2 is 1.73 bits per heavy atom. The van der Waals surface area contributed by atoms with E-state index in [0.29, 0.717) is 24.0 Å². The topological polar surface area (TPSA) is 75.2 Å². The summed E-state index contributed by atoms with van der Waals surface area (Å²) >= 11 is 0. The Kier molecular flexibility index (Phi) is 4.16. The van der Waals surface area contributed by atoms with Gasteiger partial charge >= 0.3 is 5.69 Å². The fourth-order valence-corrected chi connectivity index (χ4v) is 3.48. The molecular weight excluding hydrogens is 330 g/mol. The standard InChI is InChI=1S/C20H19N3O3/c24-18(22-11-9-14-5-1-2-6-15(14)13-22)10-12-23-19(25)16-7-3-4-8-17(16)21-20(23)26/h1-8H,9-13H2,(H,21,26). The van der Waals surface area contributed by atoms with Crippen LogP contribution in [0.1, 0.15) is 17.5 Å². The van der Waals surface area contributed by atoms with Crippen LogP contribution in [0.4, 0.5) is 0 Å². The lowest BCUT2D eigenvalue weighted by Crippen LogP contribution is -2.39. The van der Waals surface area contributed by atoms with E-state index in [4.69, 9.17) is 0 Å². The van der Waals surface area contributed by atoms with Crippen molar-refractivity contribution in [2.24, 2.45) is 0 Å². The monoisotopic (exact) mass is 349 g/mol. The minimum atomic E-state index is -0.481. The zero-order valence-corrected chi connectivity index (χ0v) is 14.3. The normalized spacial score (nSPS) is 13.6. The van der Waals surface area contributed by atoms with Gasteiger partial charge in [-0.1, -0.05) is 36.4 Å². The molecule has 0 atom stereocenters. The highest BCUT2D eigenvalue weighted by molar-refractivity contribution is 5.77. The Labute approximate surface area is 149 Å². The van der Waals surface area contributed by atoms with Crippen molar-refractivity contribution in [3.8, 4) is 0 Å². The van der Waals surface area contributed by atoms with Crippen molar-refractivity contribution in [1.29, 1.82) is 0 Å². The van der Waals surface area contributed by atoms with Crippen LogP contribution in [0.2, 0.25) is 0 Å². The molecular formula is C20H19N3O3. The highest BCUT2D eigenvalue weighted by Gasteiger charge is 2.20. The third kappa shape index (κ3) is 2.94. The van der Waals surface area contributed by atoms with E-state index < -0.39 is 5.69 Å². The van der Waals surface area contributed by atoms with E-state index in [2.05, 4.69) is 11.1 Å². The van der Waals surface area contributed by atoms with Gasteiger partial charge in [0.1, 0.15) is 0 Å². The number of aromatic nitrogens is 2. The highest BCUT2D eigenvalue weighted by Crippen LogP contribution is 2.19. The molecule has 1 N–H and O–H groups in total. The number of nitrogens with zero attached hydrogens (tertiary/aromatic N) is 2. The summed E-state index contributed by atoms with van der Waals surface area (Å²) < 4.78 is 1.11. The number of nitrogens with one attached hydrogen (secondary N) is 1. The van der Waals surface area contributed by atoms with Crippen LogP contribution in [-0.4, -0.2) is 26.9 Å². The third-order valence-electron chi connectivity index (χ3n) is 4.92. The van der Waals surface area contributed by atoms with Crippen molar-refractivity contribution in [3.63, 3.8) is 0 Å². The Bertz CT molecular complexity index is 1100. The molecule has 132 valence electrons. The summed E-state index contributed by atoms with van der Waals surface area (Å²) in [6.07, 6.45) is 0.960. The number of hydrogen-bond donors (Lipinski definition) is 1. The molecule has 0 bridgehead atoms. The number of H-pyrrole nitrogens is 1. The van der Waals surface area contributed by atoms with Gasteiger partial charge in [-0.05, 0) is 29.7 Å². The number of carbonyl (C=O) groups is 1. The molecule has 3 aromatic rings. The first kappa shape index (κ1) is 16.3. The van der Waals surface area contributed by atoms with Gasteiger partial charge in [0.2, 0.25) is 5.91 Å². The van der Waals surface area contributed by atoms with E-state index >= 15 is 0 Å². The lowest BCUT2D eigenvalue weighted by molar-refractivity contribution is -0.132. The second kappa shape index (κ2) is 6.63. The quantitative estimate of drug-likeness (QED) is 0.781. The van der Waals surface area contributed by atoms with Crippen molar-refractivity contribution in [2.45, 2.75) is 25.9 Å². The number of benzene rings is 2. The summed E-state index contributed by atoms with van der Waals surface area (Å²) in [5.74, 6) is -0.0426. The second-order valence-corrected chi connectivity index (χ2v) is 6.52. The van der Waals surface area contributed by atoms with Crippen molar-refractivity contribution < 1.29 is 4.79 Å². The predicted octanol–water partition coefficient (Wildman–Crippen LogP) is 1.66. The van der Waals surface area contributed by atoms with Crippen LogP contribution in [0.5, 0.6) is 0 Å². The molecule has 2 aromatic carbocycles. The van der Waals surface area contributed by atoms with Crippen LogP contribution in [0, 0.1) is 0 Å². The van der Waals surface area contributed by atoms with Gasteiger partial charge in [0, 0.05) is 26.1 Å². The fraction of sp³-hybridized carbons (Fsp3) is 0.250. The van der Waals surface area contributed by atoms with E-state index in [0.717, 1.165) is 16.6 Å². The van der Waals surface area contributed by atoms with Gasteiger partial charge in [-0.2, -0.15) is 0 Å². The SMILES string of the molecule is O=C(CCn1c(=O)[nH]c2ccccc2c1=O)N1CCc2ccccc2C1. The first-order valence-corrected chi connectivity index (χ1v) is 8.70. The molecule has 0 unspecified atom stereocenters. The van der Waals surface area contributed by atoms with E-state index in [9.17, 15) is 14.4 Å². The Morgan fingerprint density at radius 3 is 2.58 bits per heavy atom. The third-order valence-corrected chi connectivity index (χ3v) is 4.92. The number of rotatable bonds is 3. The van der Waals surface area contributed by atoms with Gasteiger partial charge in [0.25, 0.3) is 5.56 Å². The summed E-state index contributed by atoms with van der Waals surface area (Å²) in [5.41, 5.74) is 2.11. The largest absolute Gasteiger partial charge is 0.338 e. The van der Waals surface area contributed by atoms with Crippen LogP contribution >= 0.6 is 0 Å². The minimum Gasteiger partial charge on any atom is -0.338 e. The highest BCUT2D eigenvalue weighted by atomic mass is 16.2. The Hall–Kier alpha value is -3.15. The van der Waals surface area contributed by atoms with Gasteiger partial charge in [0.05, 0.1) is 10.9 Å². The first-order valence-electron chi connectivity index (χ1n) is 8.70. The minimum absolute atomic E-state index is 0.0426. The maximum atomic E-state index is 12.6. The molecule has 4 rings (SSSR count). The summed E-state index contributed by atoms with van der Waals surface area (Å²) in [6.45, 7) is 1.33. The number of aromatic amines is 1. The predicted molar refractivity (Wildman–Crippen MR) is 99.0 cm³/mol. The summed E-state index contributed by atoms with van der Waals surface area (Å²) in [5, 5.41) is 0.450. The van der Waals surface area contributed by atoms with Crippen LogP contribution in [0.15, 0.2) is 58.1 Å².